The number of aliphatic carboxylic acids is 1. The van der Waals surface area contributed by atoms with Crippen molar-refractivity contribution < 1.29 is 42.9 Å². The molecular weight excluding hydrogens is 1130 g/mol. The minimum atomic E-state index is -1.53. The Labute approximate surface area is 560 Å². The van der Waals surface area contributed by atoms with Gasteiger partial charge < -0.3 is 28.5 Å². The standard InChI is InChI=1S/C82H139NO8/c1-6-8-10-12-14-16-18-20-22-24-26-28-30-32-34-36-38-39-40-41-43-45-47-49-51-53-55-57-59-61-63-65-67-69-71-73-80(85)91-78(77-90-82(81(86)87)88-75-74-83(3,4)5)76-89-79(84)72-70-68-66-64-62-60-58-56-54-52-50-48-46-44-42-37-35-33-31-29-27-25-23-21-19-17-15-13-11-9-7-2/h8,10,14,16,20,22,25-28,32,34,38-39,41,43,47,49,53,55,59,61,78,82H,6-7,9,11-13,15,17-19,21,23-24,29-31,33,35-37,40,42,44-46,48,50-52,54,56-58,60,62-77H2,1-5H3/p+1/b10-8-,16-14-,22-20-,27-25-,28-26-,34-32-,39-38-,43-41-,49-47-,55-53-,61-59-. The molecule has 1 N–H and O–H groups in total. The number of carbonyl (C=O) groups excluding carboxylic acids is 2. The van der Waals surface area contributed by atoms with Gasteiger partial charge in [-0.1, -0.05) is 314 Å². The summed E-state index contributed by atoms with van der Waals surface area (Å²) < 4.78 is 23.0. The van der Waals surface area contributed by atoms with Crippen molar-refractivity contribution >= 4 is 17.9 Å². The highest BCUT2D eigenvalue weighted by Crippen LogP contribution is 2.17. The van der Waals surface area contributed by atoms with Crippen LogP contribution >= 0.6 is 0 Å². The second-order valence-corrected chi connectivity index (χ2v) is 25.9. The van der Waals surface area contributed by atoms with E-state index in [4.69, 9.17) is 18.9 Å². The zero-order chi connectivity index (χ0) is 66.1. The van der Waals surface area contributed by atoms with Crippen molar-refractivity contribution in [2.45, 2.75) is 322 Å². The normalized spacial score (nSPS) is 13.5. The van der Waals surface area contributed by atoms with Gasteiger partial charge in [0.25, 0.3) is 6.29 Å². The molecule has 0 bridgehead atoms. The number of carboxylic acids is 1. The molecule has 9 heteroatoms. The van der Waals surface area contributed by atoms with Gasteiger partial charge in [-0.05, 0) is 116 Å². The first-order valence-electron chi connectivity index (χ1n) is 37.3. The van der Waals surface area contributed by atoms with Crippen molar-refractivity contribution in [3.63, 3.8) is 0 Å². The Hall–Kier alpha value is -4.57. The maximum atomic E-state index is 13.0. The Morgan fingerprint density at radius 2 is 0.626 bits per heavy atom. The van der Waals surface area contributed by atoms with E-state index in [1.165, 1.54) is 167 Å². The molecule has 0 aromatic rings. The number of hydrogen-bond donors (Lipinski definition) is 1. The number of ether oxygens (including phenoxy) is 4. The van der Waals surface area contributed by atoms with Crippen LogP contribution in [0.1, 0.15) is 309 Å². The van der Waals surface area contributed by atoms with Crippen LogP contribution in [-0.2, 0) is 33.3 Å². The number of allylic oxidation sites excluding steroid dienone is 22. The molecule has 0 aliphatic rings. The fourth-order valence-electron chi connectivity index (χ4n) is 10.2. The molecule has 0 rings (SSSR count). The molecule has 0 saturated carbocycles. The van der Waals surface area contributed by atoms with Gasteiger partial charge in [-0.25, -0.2) is 4.79 Å². The van der Waals surface area contributed by atoms with Gasteiger partial charge in [0.1, 0.15) is 13.2 Å². The van der Waals surface area contributed by atoms with Crippen LogP contribution in [0.2, 0.25) is 0 Å². The van der Waals surface area contributed by atoms with Crippen LogP contribution in [0.5, 0.6) is 0 Å². The molecule has 2 atom stereocenters. The predicted molar refractivity (Wildman–Crippen MR) is 391 cm³/mol. The lowest BCUT2D eigenvalue weighted by Gasteiger charge is -2.25. The molecule has 0 fully saturated rings. The van der Waals surface area contributed by atoms with E-state index in [-0.39, 0.29) is 32.2 Å². The van der Waals surface area contributed by atoms with E-state index in [9.17, 15) is 19.5 Å². The van der Waals surface area contributed by atoms with Crippen molar-refractivity contribution in [3.8, 4) is 0 Å². The fraction of sp³-hybridized carbons (Fsp3) is 0.695. The monoisotopic (exact) mass is 1270 g/mol. The van der Waals surface area contributed by atoms with E-state index in [1.54, 1.807) is 0 Å². The Balaban J connectivity index is 4.18. The van der Waals surface area contributed by atoms with E-state index in [2.05, 4.69) is 148 Å². The first-order chi connectivity index (χ1) is 44.6. The highest BCUT2D eigenvalue weighted by Gasteiger charge is 2.25. The molecule has 0 aromatic heterocycles. The Kier molecular flexibility index (Phi) is 67.7. The van der Waals surface area contributed by atoms with Gasteiger partial charge in [-0.15, -0.1) is 0 Å². The number of unbranched alkanes of at least 4 members (excludes halogenated alkanes) is 31. The lowest BCUT2D eigenvalue weighted by molar-refractivity contribution is -0.870. The molecule has 0 heterocycles. The summed E-state index contributed by atoms with van der Waals surface area (Å²) in [6.45, 7) is 4.75. The van der Waals surface area contributed by atoms with Crippen molar-refractivity contribution in [2.75, 3.05) is 47.5 Å². The third-order valence-electron chi connectivity index (χ3n) is 15.9. The summed E-state index contributed by atoms with van der Waals surface area (Å²) in [7, 11) is 5.97. The van der Waals surface area contributed by atoms with Crippen molar-refractivity contribution in [2.24, 2.45) is 0 Å². The van der Waals surface area contributed by atoms with Gasteiger partial charge in [0.2, 0.25) is 0 Å². The number of nitrogens with zero attached hydrogens (tertiary/aromatic N) is 1. The summed E-state index contributed by atoms with van der Waals surface area (Å²) in [5.74, 6) is -2.04. The number of carboxylic acid groups (broad SMARTS) is 1. The molecule has 0 spiro atoms. The lowest BCUT2D eigenvalue weighted by atomic mass is 10.0. The van der Waals surface area contributed by atoms with Crippen LogP contribution < -0.4 is 0 Å². The van der Waals surface area contributed by atoms with Gasteiger partial charge in [0, 0.05) is 12.8 Å². The van der Waals surface area contributed by atoms with Gasteiger partial charge in [0.15, 0.2) is 6.10 Å². The minimum absolute atomic E-state index is 0.177. The maximum absolute atomic E-state index is 13.0. The molecule has 91 heavy (non-hydrogen) atoms. The second-order valence-electron chi connectivity index (χ2n) is 25.9. The van der Waals surface area contributed by atoms with Crippen molar-refractivity contribution in [1.29, 1.82) is 0 Å². The van der Waals surface area contributed by atoms with Crippen molar-refractivity contribution in [3.05, 3.63) is 134 Å². The third-order valence-corrected chi connectivity index (χ3v) is 15.9. The molecule has 0 aliphatic heterocycles. The summed E-state index contributed by atoms with van der Waals surface area (Å²) in [5, 5.41) is 9.76. The van der Waals surface area contributed by atoms with Gasteiger partial charge in [-0.3, -0.25) is 9.59 Å². The van der Waals surface area contributed by atoms with Crippen LogP contribution in [0, 0.1) is 0 Å². The molecular formula is C82H140NO8+. The zero-order valence-corrected chi connectivity index (χ0v) is 59.5. The third kappa shape index (κ3) is 72.7. The number of rotatable bonds is 68. The molecule has 0 aliphatic carbocycles. The highest BCUT2D eigenvalue weighted by molar-refractivity contribution is 5.71. The van der Waals surface area contributed by atoms with Crippen LogP contribution in [0.3, 0.4) is 0 Å². The Morgan fingerprint density at radius 1 is 0.341 bits per heavy atom. The summed E-state index contributed by atoms with van der Waals surface area (Å²) >= 11 is 0. The molecule has 520 valence electrons. The molecule has 0 amide bonds. The quantitative estimate of drug-likeness (QED) is 0.0211. The van der Waals surface area contributed by atoms with E-state index in [0.29, 0.717) is 23.9 Å². The summed E-state index contributed by atoms with van der Waals surface area (Å²) in [5.41, 5.74) is 0. The average molecular weight is 1270 g/mol. The highest BCUT2D eigenvalue weighted by atomic mass is 16.7. The molecule has 0 saturated heterocycles. The zero-order valence-electron chi connectivity index (χ0n) is 59.5. The average Bonchev–Trinajstić information content (AvgIpc) is 3.46. The van der Waals surface area contributed by atoms with E-state index >= 15 is 0 Å². The smallest absolute Gasteiger partial charge is 0.361 e. The molecule has 0 aromatic carbocycles. The Bertz CT molecular complexity index is 1960. The number of carbonyl (C=O) groups is 3. The minimum Gasteiger partial charge on any atom is -0.477 e. The second kappa shape index (κ2) is 71.3. The maximum Gasteiger partial charge on any atom is 0.361 e. The van der Waals surface area contributed by atoms with Gasteiger partial charge in [-0.2, -0.15) is 0 Å². The summed E-state index contributed by atoms with van der Waals surface area (Å²) in [6.07, 6.45) is 100. The van der Waals surface area contributed by atoms with Gasteiger partial charge >= 0.3 is 17.9 Å². The van der Waals surface area contributed by atoms with E-state index in [1.807, 2.05) is 21.1 Å². The summed E-state index contributed by atoms with van der Waals surface area (Å²) in [6, 6.07) is 0. The molecule has 0 radical (unpaired) electrons. The first-order valence-corrected chi connectivity index (χ1v) is 37.3. The number of hydrogen-bond acceptors (Lipinski definition) is 7. The SMILES string of the molecule is CC/C=C\C/C=C\C/C=C\C/C=C\C/C=C\C/C=C\C/C=C\C/C=C\C/C=C\C/C=C\CCCCCCC(=O)OC(COC(=O)CCCCCCCCCCCCCCCCCCCCC/C=C\CCCCCCCCCC)COC(OCC[N+](C)(C)C)C(=O)O. The van der Waals surface area contributed by atoms with E-state index < -0.39 is 24.3 Å². The van der Waals surface area contributed by atoms with Crippen molar-refractivity contribution in [1.82, 2.24) is 0 Å². The number of esters is 2. The predicted octanol–water partition coefficient (Wildman–Crippen LogP) is 23.7. The van der Waals surface area contributed by atoms with Gasteiger partial charge in [0.05, 0.1) is 34.4 Å². The van der Waals surface area contributed by atoms with Crippen LogP contribution in [-0.4, -0.2) is 87.4 Å². The lowest BCUT2D eigenvalue weighted by Crippen LogP contribution is -2.40. The van der Waals surface area contributed by atoms with E-state index in [0.717, 1.165) is 109 Å². The van der Waals surface area contributed by atoms with Crippen LogP contribution in [0.15, 0.2) is 134 Å². The topological polar surface area (TPSA) is 108 Å². The molecule has 9 nitrogen and oxygen atoms in total. The fourth-order valence-corrected chi connectivity index (χ4v) is 10.2. The summed E-state index contributed by atoms with van der Waals surface area (Å²) in [4.78, 5) is 37.7. The Morgan fingerprint density at radius 3 is 0.945 bits per heavy atom. The number of quaternary nitrogens is 1. The first kappa shape index (κ1) is 86.4. The molecule has 2 unspecified atom stereocenters. The largest absolute Gasteiger partial charge is 0.477 e. The van der Waals surface area contributed by atoms with Crippen LogP contribution in [0.25, 0.3) is 0 Å². The number of likely N-dealkylation sites (N-methyl/N-ethyl adjacent to an activating group) is 1. The van der Waals surface area contributed by atoms with Crippen LogP contribution in [0.4, 0.5) is 0 Å².